The lowest BCUT2D eigenvalue weighted by Crippen LogP contribution is -2.45. The second-order valence-electron chi connectivity index (χ2n) is 9.17. The highest BCUT2D eigenvalue weighted by molar-refractivity contribution is 5.69. The normalized spacial score (nSPS) is 21.6. The Hall–Kier alpha value is -2.23. The van der Waals surface area contributed by atoms with Gasteiger partial charge >= 0.3 is 6.16 Å². The highest BCUT2D eigenvalue weighted by Crippen LogP contribution is 2.55. The standard InChI is InChI=1S/C26H36O4/c1-7-9-10-12-18-16-22-23(24(19(18)11-8-2)29-25(27)28-6)20-15-17(3)13-14-21(20)26(4,5)30-22/h8,13,16,20-21H,2,7,9-12,14-15H2,1,3-6H3/t20-,21-/m1/s1. The van der Waals surface area contributed by atoms with Gasteiger partial charge in [0.15, 0.2) is 0 Å². The SMILES string of the molecule is C=CCc1c(CCCCC)cc2c(c1OC(=O)OC)[C@@H]1CC(C)=CC[C@H]1C(C)(C)O2. The number of aryl methyl sites for hydroxylation is 1. The van der Waals surface area contributed by atoms with Gasteiger partial charge in [0.25, 0.3) is 0 Å². The maximum Gasteiger partial charge on any atom is 0.513 e. The molecule has 0 amide bonds. The van der Waals surface area contributed by atoms with E-state index in [-0.39, 0.29) is 11.5 Å². The Morgan fingerprint density at radius 2 is 2.13 bits per heavy atom. The van der Waals surface area contributed by atoms with Crippen LogP contribution in [-0.4, -0.2) is 18.9 Å². The largest absolute Gasteiger partial charge is 0.513 e. The first kappa shape index (κ1) is 22.5. The Balaban J connectivity index is 2.20. The van der Waals surface area contributed by atoms with E-state index < -0.39 is 6.16 Å². The summed E-state index contributed by atoms with van der Waals surface area (Å²) in [4.78, 5) is 12.2. The molecule has 0 N–H and O–H groups in total. The van der Waals surface area contributed by atoms with Crippen LogP contribution in [0.15, 0.2) is 30.4 Å². The zero-order chi connectivity index (χ0) is 21.9. The molecule has 0 fully saturated rings. The molecular formula is C26H36O4. The van der Waals surface area contributed by atoms with Crippen molar-refractivity contribution in [3.63, 3.8) is 0 Å². The number of fused-ring (bicyclic) bond motifs is 3. The molecule has 4 heteroatoms. The van der Waals surface area contributed by atoms with Crippen LogP contribution < -0.4 is 9.47 Å². The molecule has 0 spiro atoms. The lowest BCUT2D eigenvalue weighted by atomic mass is 9.66. The van der Waals surface area contributed by atoms with Crippen LogP contribution in [0.5, 0.6) is 11.5 Å². The fourth-order valence-electron chi connectivity index (χ4n) is 5.07. The van der Waals surface area contributed by atoms with Crippen molar-refractivity contribution in [1.82, 2.24) is 0 Å². The third-order valence-corrected chi connectivity index (χ3v) is 6.61. The lowest BCUT2D eigenvalue weighted by Gasteiger charge is -2.47. The number of rotatable bonds is 7. The lowest BCUT2D eigenvalue weighted by molar-refractivity contribution is 0.00725. The predicted octanol–water partition coefficient (Wildman–Crippen LogP) is 6.90. The first-order chi connectivity index (χ1) is 14.3. The minimum Gasteiger partial charge on any atom is -0.487 e. The predicted molar refractivity (Wildman–Crippen MR) is 121 cm³/mol. The molecule has 1 aromatic carbocycles. The molecule has 4 nitrogen and oxygen atoms in total. The number of carbonyl (C=O) groups excluding carboxylic acids is 1. The molecule has 1 aliphatic carbocycles. The third-order valence-electron chi connectivity index (χ3n) is 6.61. The van der Waals surface area contributed by atoms with Gasteiger partial charge in [0.1, 0.15) is 17.1 Å². The smallest absolute Gasteiger partial charge is 0.487 e. The molecule has 1 aliphatic heterocycles. The molecular weight excluding hydrogens is 376 g/mol. The van der Waals surface area contributed by atoms with Crippen LogP contribution in [0.3, 0.4) is 0 Å². The first-order valence-corrected chi connectivity index (χ1v) is 11.2. The van der Waals surface area contributed by atoms with Gasteiger partial charge in [-0.2, -0.15) is 0 Å². The van der Waals surface area contributed by atoms with Crippen molar-refractivity contribution in [1.29, 1.82) is 0 Å². The van der Waals surface area contributed by atoms with Crippen LogP contribution in [0.4, 0.5) is 4.79 Å². The highest BCUT2D eigenvalue weighted by Gasteiger charge is 2.46. The van der Waals surface area contributed by atoms with Gasteiger partial charge in [-0.25, -0.2) is 4.79 Å². The summed E-state index contributed by atoms with van der Waals surface area (Å²) in [5, 5.41) is 0. The number of ether oxygens (including phenoxy) is 3. The fraction of sp³-hybridized carbons (Fsp3) is 0.577. The Bertz CT molecular complexity index is 834. The Morgan fingerprint density at radius 1 is 1.37 bits per heavy atom. The second kappa shape index (κ2) is 9.28. The van der Waals surface area contributed by atoms with Crippen LogP contribution in [0.25, 0.3) is 0 Å². The average molecular weight is 413 g/mol. The number of hydrogen-bond acceptors (Lipinski definition) is 4. The van der Waals surface area contributed by atoms with E-state index in [1.165, 1.54) is 24.7 Å². The first-order valence-electron chi connectivity index (χ1n) is 11.2. The summed E-state index contributed by atoms with van der Waals surface area (Å²) in [5.41, 5.74) is 4.34. The molecule has 0 aromatic heterocycles. The van der Waals surface area contributed by atoms with Gasteiger partial charge < -0.3 is 14.2 Å². The number of unbranched alkanes of at least 4 members (excludes halogenated alkanes) is 2. The Morgan fingerprint density at radius 3 is 2.80 bits per heavy atom. The van der Waals surface area contributed by atoms with Gasteiger partial charge in [-0.15, -0.1) is 6.58 Å². The number of carbonyl (C=O) groups is 1. The van der Waals surface area contributed by atoms with Crippen LogP contribution >= 0.6 is 0 Å². The van der Waals surface area contributed by atoms with Crippen molar-refractivity contribution < 1.29 is 19.0 Å². The van der Waals surface area contributed by atoms with Crippen LogP contribution in [0.2, 0.25) is 0 Å². The van der Waals surface area contributed by atoms with Crippen LogP contribution in [-0.2, 0) is 17.6 Å². The Kier molecular flexibility index (Phi) is 6.95. The monoisotopic (exact) mass is 412 g/mol. The van der Waals surface area contributed by atoms with Gasteiger partial charge in [0.2, 0.25) is 0 Å². The summed E-state index contributed by atoms with van der Waals surface area (Å²) < 4.78 is 17.3. The summed E-state index contributed by atoms with van der Waals surface area (Å²) in [6, 6.07) is 2.19. The van der Waals surface area contributed by atoms with Gasteiger partial charge in [0, 0.05) is 23.0 Å². The molecule has 1 aromatic rings. The Labute approximate surface area is 181 Å². The van der Waals surface area contributed by atoms with Gasteiger partial charge in [0.05, 0.1) is 7.11 Å². The van der Waals surface area contributed by atoms with E-state index in [1.54, 1.807) is 0 Å². The fourth-order valence-corrected chi connectivity index (χ4v) is 5.07. The zero-order valence-corrected chi connectivity index (χ0v) is 19.2. The zero-order valence-electron chi connectivity index (χ0n) is 19.2. The maximum absolute atomic E-state index is 12.2. The van der Waals surface area contributed by atoms with E-state index in [2.05, 4.69) is 46.4 Å². The maximum atomic E-state index is 12.2. The molecule has 0 saturated heterocycles. The average Bonchev–Trinajstić information content (AvgIpc) is 2.69. The minimum absolute atomic E-state index is 0.252. The molecule has 2 aliphatic rings. The van der Waals surface area contributed by atoms with Crippen molar-refractivity contribution in [3.8, 4) is 11.5 Å². The molecule has 2 atom stereocenters. The summed E-state index contributed by atoms with van der Waals surface area (Å²) in [6.45, 7) is 12.7. The molecule has 0 radical (unpaired) electrons. The molecule has 3 rings (SSSR count). The van der Waals surface area contributed by atoms with Crippen LogP contribution in [0.1, 0.15) is 82.4 Å². The summed E-state index contributed by atoms with van der Waals surface area (Å²) >= 11 is 0. The molecule has 1 heterocycles. The number of benzene rings is 1. The van der Waals surface area contributed by atoms with E-state index in [1.807, 2.05) is 6.08 Å². The van der Waals surface area contributed by atoms with Gasteiger partial charge in [-0.05, 0) is 64.5 Å². The number of methoxy groups -OCH3 is 1. The molecule has 0 bridgehead atoms. The summed E-state index contributed by atoms with van der Waals surface area (Å²) in [7, 11) is 1.35. The molecule has 0 saturated carbocycles. The van der Waals surface area contributed by atoms with Crippen LogP contribution in [0, 0.1) is 5.92 Å². The van der Waals surface area contributed by atoms with E-state index in [0.29, 0.717) is 18.1 Å². The summed E-state index contributed by atoms with van der Waals surface area (Å²) in [5.74, 6) is 2.07. The summed E-state index contributed by atoms with van der Waals surface area (Å²) in [6.07, 6.45) is 10.4. The number of hydrogen-bond donors (Lipinski definition) is 0. The van der Waals surface area contributed by atoms with Crippen molar-refractivity contribution in [3.05, 3.63) is 47.1 Å². The van der Waals surface area contributed by atoms with Crippen molar-refractivity contribution >= 4 is 6.16 Å². The molecule has 30 heavy (non-hydrogen) atoms. The van der Waals surface area contributed by atoms with Crippen molar-refractivity contribution in [2.24, 2.45) is 5.92 Å². The topological polar surface area (TPSA) is 44.8 Å². The molecule has 164 valence electrons. The minimum atomic E-state index is -0.683. The van der Waals surface area contributed by atoms with Crippen molar-refractivity contribution in [2.75, 3.05) is 7.11 Å². The van der Waals surface area contributed by atoms with E-state index in [4.69, 9.17) is 14.2 Å². The van der Waals surface area contributed by atoms with Gasteiger partial charge in [-0.3, -0.25) is 0 Å². The van der Waals surface area contributed by atoms with E-state index in [0.717, 1.165) is 49.0 Å². The number of allylic oxidation sites excluding steroid dienone is 3. The molecule has 0 unspecified atom stereocenters. The third kappa shape index (κ3) is 4.43. The van der Waals surface area contributed by atoms with Crippen molar-refractivity contribution in [2.45, 2.75) is 84.2 Å². The van der Waals surface area contributed by atoms with E-state index in [9.17, 15) is 4.79 Å². The highest BCUT2D eigenvalue weighted by atomic mass is 16.7. The quantitative estimate of drug-likeness (QED) is 0.211. The second-order valence-corrected chi connectivity index (χ2v) is 9.17. The van der Waals surface area contributed by atoms with E-state index >= 15 is 0 Å². The van der Waals surface area contributed by atoms with Gasteiger partial charge in [-0.1, -0.05) is 37.5 Å².